The maximum atomic E-state index is 10.7. The number of hydrogen-bond donors (Lipinski definition) is 2. The highest BCUT2D eigenvalue weighted by Crippen LogP contribution is 2.27. The minimum atomic E-state index is -0.0455. The number of benzene rings is 1. The van der Waals surface area contributed by atoms with Crippen LogP contribution >= 0.6 is 0 Å². The Hall–Kier alpha value is -1.77. The van der Waals surface area contributed by atoms with Gasteiger partial charge in [0.1, 0.15) is 0 Å². The average Bonchev–Trinajstić information content (AvgIpc) is 2.52. The molecule has 0 atom stereocenters. The van der Waals surface area contributed by atoms with E-state index in [0.717, 1.165) is 22.9 Å². The number of carbonyl (C=O) groups is 1. The smallest absolute Gasteiger partial charge is 0.200 e. The van der Waals surface area contributed by atoms with E-state index in [2.05, 4.69) is 4.98 Å². The second-order valence-electron chi connectivity index (χ2n) is 3.20. The fourth-order valence-electron chi connectivity index (χ4n) is 1.70. The summed E-state index contributed by atoms with van der Waals surface area (Å²) in [6.45, 7) is 2.03. The Morgan fingerprint density at radius 2 is 2.29 bits per heavy atom. The van der Waals surface area contributed by atoms with E-state index in [-0.39, 0.29) is 5.88 Å². The van der Waals surface area contributed by atoms with Crippen LogP contribution in [0, 0.1) is 0 Å². The highest BCUT2D eigenvalue weighted by atomic mass is 16.3. The second-order valence-corrected chi connectivity index (χ2v) is 3.20. The van der Waals surface area contributed by atoms with Gasteiger partial charge in [-0.05, 0) is 12.0 Å². The van der Waals surface area contributed by atoms with Crippen LogP contribution in [0.4, 0.5) is 0 Å². The van der Waals surface area contributed by atoms with Crippen molar-refractivity contribution in [2.45, 2.75) is 13.3 Å². The van der Waals surface area contributed by atoms with Crippen LogP contribution in [-0.2, 0) is 6.42 Å². The lowest BCUT2D eigenvalue weighted by molar-refractivity contribution is 0.112. The van der Waals surface area contributed by atoms with Gasteiger partial charge < -0.3 is 10.1 Å². The first-order valence-corrected chi connectivity index (χ1v) is 4.55. The van der Waals surface area contributed by atoms with Gasteiger partial charge in [-0.3, -0.25) is 4.79 Å². The van der Waals surface area contributed by atoms with Gasteiger partial charge in [-0.15, -0.1) is 0 Å². The third-order valence-electron chi connectivity index (χ3n) is 2.44. The fraction of sp³-hybridized carbons (Fsp3) is 0.182. The molecule has 0 fully saturated rings. The molecule has 3 heteroatoms. The molecule has 1 heterocycles. The quantitative estimate of drug-likeness (QED) is 0.712. The lowest BCUT2D eigenvalue weighted by atomic mass is 10.1. The van der Waals surface area contributed by atoms with E-state index < -0.39 is 0 Å². The van der Waals surface area contributed by atoms with Gasteiger partial charge in [-0.25, -0.2) is 0 Å². The molecular formula is C11H11NO2. The van der Waals surface area contributed by atoms with Crippen LogP contribution in [0.25, 0.3) is 10.9 Å². The number of aldehydes is 1. The summed E-state index contributed by atoms with van der Waals surface area (Å²) >= 11 is 0. The van der Waals surface area contributed by atoms with E-state index in [1.807, 2.05) is 25.1 Å². The zero-order valence-corrected chi connectivity index (χ0v) is 7.87. The van der Waals surface area contributed by atoms with Crippen molar-refractivity contribution >= 4 is 17.2 Å². The molecule has 0 spiro atoms. The summed E-state index contributed by atoms with van der Waals surface area (Å²) in [5.74, 6) is -0.0455. The predicted molar refractivity (Wildman–Crippen MR) is 54.7 cm³/mol. The van der Waals surface area contributed by atoms with Crippen molar-refractivity contribution in [3.05, 3.63) is 29.3 Å². The number of aryl methyl sites for hydroxylation is 1. The molecule has 1 aromatic carbocycles. The van der Waals surface area contributed by atoms with Crippen molar-refractivity contribution in [3.63, 3.8) is 0 Å². The van der Waals surface area contributed by atoms with Crippen LogP contribution in [-0.4, -0.2) is 16.4 Å². The molecule has 0 aliphatic carbocycles. The van der Waals surface area contributed by atoms with Gasteiger partial charge in [-0.2, -0.15) is 0 Å². The molecule has 2 aromatic rings. The van der Waals surface area contributed by atoms with E-state index in [1.165, 1.54) is 0 Å². The van der Waals surface area contributed by atoms with Gasteiger partial charge in [0, 0.05) is 5.39 Å². The monoisotopic (exact) mass is 189 g/mol. The molecule has 14 heavy (non-hydrogen) atoms. The maximum Gasteiger partial charge on any atom is 0.200 e. The molecule has 0 amide bonds. The van der Waals surface area contributed by atoms with Gasteiger partial charge >= 0.3 is 0 Å². The van der Waals surface area contributed by atoms with Crippen molar-refractivity contribution in [1.29, 1.82) is 0 Å². The lowest BCUT2D eigenvalue weighted by Crippen LogP contribution is -1.82. The number of carbonyl (C=O) groups excluding carboxylic acids is 1. The number of aromatic hydroxyl groups is 1. The molecular weight excluding hydrogens is 178 g/mol. The number of aromatic nitrogens is 1. The average molecular weight is 189 g/mol. The number of rotatable bonds is 2. The minimum Gasteiger partial charge on any atom is -0.494 e. The fourth-order valence-corrected chi connectivity index (χ4v) is 1.70. The Morgan fingerprint density at radius 3 is 2.93 bits per heavy atom. The topological polar surface area (TPSA) is 53.1 Å². The van der Waals surface area contributed by atoms with E-state index in [0.29, 0.717) is 11.8 Å². The van der Waals surface area contributed by atoms with Crippen LogP contribution < -0.4 is 0 Å². The van der Waals surface area contributed by atoms with Gasteiger partial charge in [-0.1, -0.05) is 25.1 Å². The summed E-state index contributed by atoms with van der Waals surface area (Å²) in [7, 11) is 0. The summed E-state index contributed by atoms with van der Waals surface area (Å²) in [5.41, 5.74) is 2.30. The van der Waals surface area contributed by atoms with E-state index >= 15 is 0 Å². The van der Waals surface area contributed by atoms with Crippen molar-refractivity contribution in [3.8, 4) is 5.88 Å². The zero-order chi connectivity index (χ0) is 10.1. The van der Waals surface area contributed by atoms with E-state index in [1.54, 1.807) is 0 Å². The van der Waals surface area contributed by atoms with E-state index in [9.17, 15) is 9.90 Å². The first-order chi connectivity index (χ1) is 6.77. The van der Waals surface area contributed by atoms with Crippen molar-refractivity contribution in [2.24, 2.45) is 0 Å². The van der Waals surface area contributed by atoms with Crippen LogP contribution in [0.1, 0.15) is 22.8 Å². The predicted octanol–water partition coefficient (Wildman–Crippen LogP) is 2.25. The van der Waals surface area contributed by atoms with E-state index in [4.69, 9.17) is 0 Å². The van der Waals surface area contributed by atoms with Gasteiger partial charge in [0.2, 0.25) is 0 Å². The van der Waals surface area contributed by atoms with Crippen molar-refractivity contribution < 1.29 is 9.90 Å². The first kappa shape index (κ1) is 8.81. The molecule has 0 aliphatic rings. The molecule has 3 nitrogen and oxygen atoms in total. The summed E-state index contributed by atoms with van der Waals surface area (Å²) < 4.78 is 0. The summed E-state index contributed by atoms with van der Waals surface area (Å²) in [5, 5.41) is 10.3. The molecule has 2 rings (SSSR count). The van der Waals surface area contributed by atoms with Crippen LogP contribution in [0.3, 0.4) is 0 Å². The standard InChI is InChI=1S/C11H11NO2/c1-2-7-4-3-5-8-9(6-13)11(14)12-10(7)8/h3-6,12,14H,2H2,1H3. The Morgan fingerprint density at radius 1 is 1.50 bits per heavy atom. The minimum absolute atomic E-state index is 0.0455. The summed E-state index contributed by atoms with van der Waals surface area (Å²) in [4.78, 5) is 13.5. The van der Waals surface area contributed by atoms with Crippen LogP contribution in [0.2, 0.25) is 0 Å². The molecule has 0 unspecified atom stereocenters. The Labute approximate surface area is 81.4 Å². The Balaban J connectivity index is 2.85. The Kier molecular flexibility index (Phi) is 2.00. The highest BCUT2D eigenvalue weighted by Gasteiger charge is 2.11. The second kappa shape index (κ2) is 3.18. The highest BCUT2D eigenvalue weighted by molar-refractivity contribution is 6.01. The molecule has 1 aromatic heterocycles. The third-order valence-corrected chi connectivity index (χ3v) is 2.44. The molecule has 72 valence electrons. The largest absolute Gasteiger partial charge is 0.494 e. The summed E-state index contributed by atoms with van der Waals surface area (Å²) in [6.07, 6.45) is 1.54. The Bertz CT molecular complexity index is 485. The molecule has 0 saturated carbocycles. The van der Waals surface area contributed by atoms with Crippen LogP contribution in [0.5, 0.6) is 5.88 Å². The molecule has 0 bridgehead atoms. The number of H-pyrrole nitrogens is 1. The third kappa shape index (κ3) is 1.09. The molecule has 0 aliphatic heterocycles. The maximum absolute atomic E-state index is 10.7. The number of nitrogens with one attached hydrogen (secondary N) is 1. The lowest BCUT2D eigenvalue weighted by Gasteiger charge is -1.97. The molecule has 2 N–H and O–H groups in total. The van der Waals surface area contributed by atoms with Gasteiger partial charge in [0.25, 0.3) is 0 Å². The van der Waals surface area contributed by atoms with Gasteiger partial charge in [0.05, 0.1) is 11.1 Å². The van der Waals surface area contributed by atoms with Gasteiger partial charge in [0.15, 0.2) is 12.2 Å². The number of para-hydroxylation sites is 1. The molecule has 0 saturated heterocycles. The number of fused-ring (bicyclic) bond motifs is 1. The first-order valence-electron chi connectivity index (χ1n) is 4.55. The SMILES string of the molecule is CCc1cccc2c(C=O)c(O)[nH]c12. The van der Waals surface area contributed by atoms with Crippen molar-refractivity contribution in [1.82, 2.24) is 4.98 Å². The van der Waals surface area contributed by atoms with Crippen LogP contribution in [0.15, 0.2) is 18.2 Å². The zero-order valence-electron chi connectivity index (χ0n) is 7.87. The normalized spacial score (nSPS) is 10.6. The number of hydrogen-bond acceptors (Lipinski definition) is 2. The molecule has 0 radical (unpaired) electrons. The number of aromatic amines is 1. The van der Waals surface area contributed by atoms with Crippen molar-refractivity contribution in [2.75, 3.05) is 0 Å². The summed E-state index contributed by atoms with van der Waals surface area (Å²) in [6, 6.07) is 5.70.